The highest BCUT2D eigenvalue weighted by atomic mass is 35.5. The Labute approximate surface area is 84.5 Å². The van der Waals surface area contributed by atoms with Crippen molar-refractivity contribution in [2.24, 2.45) is 5.14 Å². The van der Waals surface area contributed by atoms with Crippen LogP contribution in [0.25, 0.3) is 0 Å². The molecule has 0 fully saturated rings. The summed E-state index contributed by atoms with van der Waals surface area (Å²) >= 11 is 5.48. The van der Waals surface area contributed by atoms with E-state index in [2.05, 4.69) is 0 Å². The summed E-state index contributed by atoms with van der Waals surface area (Å²) in [6, 6.07) is 2.93. The Kier molecular flexibility index (Phi) is 2.74. The van der Waals surface area contributed by atoms with Gasteiger partial charge >= 0.3 is 0 Å². The monoisotopic (exact) mass is 236 g/mol. The van der Waals surface area contributed by atoms with Crippen LogP contribution in [-0.4, -0.2) is 13.3 Å². The molecule has 0 aliphatic rings. The predicted molar refractivity (Wildman–Crippen MR) is 49.5 cm³/mol. The summed E-state index contributed by atoms with van der Waals surface area (Å²) in [6.07, 6.45) is 0. The largest absolute Gasteiger partial charge is 0.272 e. The van der Waals surface area contributed by atoms with E-state index in [4.69, 9.17) is 16.7 Å². The van der Waals surface area contributed by atoms with Gasteiger partial charge in [0.15, 0.2) is 0 Å². The molecule has 0 saturated heterocycles. The highest BCUT2D eigenvalue weighted by Gasteiger charge is 2.15. The number of primary sulfonamides is 1. The van der Waals surface area contributed by atoms with Gasteiger partial charge in [0, 0.05) is 17.2 Å². The number of nitro benzene ring substituents is 1. The van der Waals surface area contributed by atoms with E-state index in [0.29, 0.717) is 0 Å². The van der Waals surface area contributed by atoms with Crippen molar-refractivity contribution >= 4 is 27.3 Å². The lowest BCUT2D eigenvalue weighted by Crippen LogP contribution is -2.12. The molecule has 1 aromatic carbocycles. The number of hydrogen-bond donors (Lipinski definition) is 1. The second-order valence-electron chi connectivity index (χ2n) is 2.45. The van der Waals surface area contributed by atoms with Crippen LogP contribution in [0.3, 0.4) is 0 Å². The fraction of sp³-hybridized carbons (Fsp3) is 0. The first-order valence-electron chi connectivity index (χ1n) is 3.28. The molecule has 8 heteroatoms. The zero-order valence-corrected chi connectivity index (χ0v) is 8.25. The topological polar surface area (TPSA) is 103 Å². The number of nitrogens with zero attached hydrogens (tertiary/aromatic N) is 1. The normalized spacial score (nSPS) is 11.3. The highest BCUT2D eigenvalue weighted by molar-refractivity contribution is 7.89. The van der Waals surface area contributed by atoms with Gasteiger partial charge in [-0.05, 0) is 6.07 Å². The quantitative estimate of drug-likeness (QED) is 0.608. The molecule has 0 aliphatic carbocycles. The third-order valence-electron chi connectivity index (χ3n) is 1.40. The molecule has 14 heavy (non-hydrogen) atoms. The van der Waals surface area contributed by atoms with Gasteiger partial charge < -0.3 is 0 Å². The van der Waals surface area contributed by atoms with Crippen molar-refractivity contribution in [1.82, 2.24) is 0 Å². The molecule has 0 radical (unpaired) electrons. The number of nitro groups is 1. The van der Waals surface area contributed by atoms with Gasteiger partial charge in [0.1, 0.15) is 0 Å². The minimum atomic E-state index is -3.97. The maximum absolute atomic E-state index is 10.9. The molecule has 0 saturated carbocycles. The zero-order chi connectivity index (χ0) is 10.9. The minimum Gasteiger partial charge on any atom is -0.258 e. The lowest BCUT2D eigenvalue weighted by atomic mass is 10.3. The summed E-state index contributed by atoms with van der Waals surface area (Å²) in [7, 11) is -3.97. The van der Waals surface area contributed by atoms with Gasteiger partial charge in [-0.2, -0.15) is 0 Å². The van der Waals surface area contributed by atoms with Gasteiger partial charge in [0.25, 0.3) is 5.69 Å². The summed E-state index contributed by atoms with van der Waals surface area (Å²) in [6.45, 7) is 0. The second kappa shape index (κ2) is 3.52. The minimum absolute atomic E-state index is 0.0526. The molecule has 6 nitrogen and oxygen atoms in total. The molecule has 2 N–H and O–H groups in total. The van der Waals surface area contributed by atoms with Crippen LogP contribution < -0.4 is 5.14 Å². The van der Waals surface area contributed by atoms with Gasteiger partial charge in [-0.25, -0.2) is 13.6 Å². The Balaban J connectivity index is 3.43. The smallest absolute Gasteiger partial charge is 0.258 e. The molecule has 0 bridgehead atoms. The summed E-state index contributed by atoms with van der Waals surface area (Å²) in [5.41, 5.74) is -0.415. The number of halogens is 1. The van der Waals surface area contributed by atoms with Gasteiger partial charge in [-0.3, -0.25) is 10.1 Å². The van der Waals surface area contributed by atoms with Gasteiger partial charge in [-0.15, -0.1) is 0 Å². The second-order valence-corrected chi connectivity index (χ2v) is 4.45. The molecule has 0 spiro atoms. The molecule has 0 unspecified atom stereocenters. The third kappa shape index (κ3) is 2.41. The van der Waals surface area contributed by atoms with Crippen LogP contribution in [0.15, 0.2) is 23.1 Å². The number of sulfonamides is 1. The van der Waals surface area contributed by atoms with E-state index in [-0.39, 0.29) is 9.92 Å². The van der Waals surface area contributed by atoms with E-state index < -0.39 is 20.6 Å². The van der Waals surface area contributed by atoms with Crippen molar-refractivity contribution < 1.29 is 13.3 Å². The molecule has 1 aromatic rings. The molecule has 0 atom stereocenters. The number of non-ortho nitro benzene ring substituents is 1. The average molecular weight is 237 g/mol. The van der Waals surface area contributed by atoms with Crippen LogP contribution in [0.4, 0.5) is 5.69 Å². The zero-order valence-electron chi connectivity index (χ0n) is 6.68. The standard InChI is InChI=1S/C6H5ClN2O4S/c7-4-1-5(9(10)11)3-6(2-4)14(8,12)13/h1-3H,(H2,8,12,13). The lowest BCUT2D eigenvalue weighted by Gasteiger charge is -1.98. The molecule has 0 aromatic heterocycles. The van der Waals surface area contributed by atoms with Crippen molar-refractivity contribution in [1.29, 1.82) is 0 Å². The third-order valence-corrected chi connectivity index (χ3v) is 2.51. The van der Waals surface area contributed by atoms with Crippen LogP contribution in [0.1, 0.15) is 0 Å². The van der Waals surface area contributed by atoms with Crippen LogP contribution in [0.5, 0.6) is 0 Å². The van der Waals surface area contributed by atoms with E-state index >= 15 is 0 Å². The number of nitrogens with two attached hydrogens (primary N) is 1. The van der Waals surface area contributed by atoms with E-state index in [1.165, 1.54) is 0 Å². The van der Waals surface area contributed by atoms with Crippen LogP contribution in [-0.2, 0) is 10.0 Å². The summed E-state index contributed by atoms with van der Waals surface area (Å²) in [5, 5.41) is 15.1. The summed E-state index contributed by atoms with van der Waals surface area (Å²) in [5.74, 6) is 0. The summed E-state index contributed by atoms with van der Waals surface area (Å²) < 4.78 is 21.7. The van der Waals surface area contributed by atoms with Crippen LogP contribution >= 0.6 is 11.6 Å². The molecular weight excluding hydrogens is 232 g/mol. The Morgan fingerprint density at radius 2 is 1.93 bits per heavy atom. The Bertz CT molecular complexity index is 485. The first-order valence-corrected chi connectivity index (χ1v) is 5.21. The van der Waals surface area contributed by atoms with E-state index in [1.807, 2.05) is 0 Å². The Morgan fingerprint density at radius 3 is 2.36 bits per heavy atom. The fourth-order valence-electron chi connectivity index (χ4n) is 0.818. The number of rotatable bonds is 2. The van der Waals surface area contributed by atoms with Gasteiger partial charge in [0.05, 0.1) is 9.82 Å². The van der Waals surface area contributed by atoms with Crippen LogP contribution in [0.2, 0.25) is 5.02 Å². The number of benzene rings is 1. The summed E-state index contributed by atoms with van der Waals surface area (Å²) in [4.78, 5) is 9.22. The molecule has 1 rings (SSSR count). The van der Waals surface area contributed by atoms with Crippen molar-refractivity contribution in [3.05, 3.63) is 33.3 Å². The maximum atomic E-state index is 10.9. The van der Waals surface area contributed by atoms with Crippen molar-refractivity contribution in [3.8, 4) is 0 Å². The van der Waals surface area contributed by atoms with E-state index in [1.54, 1.807) is 0 Å². The Hall–Kier alpha value is -1.18. The first kappa shape index (κ1) is 10.9. The van der Waals surface area contributed by atoms with Gasteiger partial charge in [-0.1, -0.05) is 11.6 Å². The molecular formula is C6H5ClN2O4S. The number of hydrogen-bond acceptors (Lipinski definition) is 4. The fourth-order valence-corrected chi connectivity index (χ4v) is 1.69. The lowest BCUT2D eigenvalue weighted by molar-refractivity contribution is -0.385. The van der Waals surface area contributed by atoms with Crippen molar-refractivity contribution in [2.45, 2.75) is 4.90 Å². The molecule has 76 valence electrons. The Morgan fingerprint density at radius 1 is 1.36 bits per heavy atom. The van der Waals surface area contributed by atoms with Gasteiger partial charge in [0.2, 0.25) is 10.0 Å². The predicted octanol–water partition coefficient (Wildman–Crippen LogP) is 0.896. The highest BCUT2D eigenvalue weighted by Crippen LogP contribution is 2.22. The molecule has 0 heterocycles. The van der Waals surface area contributed by atoms with E-state index in [9.17, 15) is 18.5 Å². The maximum Gasteiger partial charge on any atom is 0.272 e. The van der Waals surface area contributed by atoms with Crippen LogP contribution in [0, 0.1) is 10.1 Å². The molecule has 0 aliphatic heterocycles. The van der Waals surface area contributed by atoms with Crippen molar-refractivity contribution in [3.63, 3.8) is 0 Å². The first-order chi connectivity index (χ1) is 6.30. The SMILES string of the molecule is NS(=O)(=O)c1cc(Cl)cc([N+](=O)[O-])c1. The average Bonchev–Trinajstić information content (AvgIpc) is 2.01. The van der Waals surface area contributed by atoms with Crippen molar-refractivity contribution in [2.75, 3.05) is 0 Å². The molecule has 0 amide bonds. The van der Waals surface area contributed by atoms with E-state index in [0.717, 1.165) is 18.2 Å².